The van der Waals surface area contributed by atoms with E-state index in [2.05, 4.69) is 20.6 Å². The fourth-order valence-corrected chi connectivity index (χ4v) is 3.72. The molecular weight excluding hydrogens is 403 g/mol. The molecule has 158 valence electrons. The van der Waals surface area contributed by atoms with Crippen LogP contribution >= 0.6 is 0 Å². The molecular formula is C19H18F3N5O3. The normalized spacial score (nSPS) is 18.7. The van der Waals surface area contributed by atoms with E-state index in [0.717, 1.165) is 25.0 Å². The lowest BCUT2D eigenvalue weighted by atomic mass is 9.92. The first-order chi connectivity index (χ1) is 14.2. The number of fused-ring (bicyclic) bond motifs is 1. The van der Waals surface area contributed by atoms with Crippen molar-refractivity contribution < 1.29 is 22.8 Å². The van der Waals surface area contributed by atoms with Crippen molar-refractivity contribution in [1.29, 1.82) is 0 Å². The summed E-state index contributed by atoms with van der Waals surface area (Å²) in [6, 6.07) is 4.51. The van der Waals surface area contributed by atoms with Crippen molar-refractivity contribution in [3.8, 4) is 0 Å². The molecule has 1 atom stereocenters. The fraction of sp³-hybridized carbons (Fsp3) is 0.368. The van der Waals surface area contributed by atoms with Gasteiger partial charge in [0.05, 0.1) is 22.7 Å². The predicted octanol–water partition coefficient (Wildman–Crippen LogP) is 2.45. The molecule has 1 aromatic carbocycles. The number of anilines is 3. The summed E-state index contributed by atoms with van der Waals surface area (Å²) in [6.07, 6.45) is -3.16. The van der Waals surface area contributed by atoms with E-state index < -0.39 is 40.7 Å². The van der Waals surface area contributed by atoms with E-state index in [9.17, 15) is 27.6 Å². The fourth-order valence-electron chi connectivity index (χ4n) is 3.72. The predicted molar refractivity (Wildman–Crippen MR) is 102 cm³/mol. The number of halogens is 3. The summed E-state index contributed by atoms with van der Waals surface area (Å²) in [5.41, 5.74) is -2.14. The van der Waals surface area contributed by atoms with Crippen molar-refractivity contribution in [2.24, 2.45) is 0 Å². The number of aromatic amines is 1. The first-order valence-electron chi connectivity index (χ1n) is 9.40. The van der Waals surface area contributed by atoms with Crippen molar-refractivity contribution in [1.82, 2.24) is 9.97 Å². The lowest BCUT2D eigenvalue weighted by Gasteiger charge is -2.25. The molecule has 1 unspecified atom stereocenters. The second kappa shape index (κ2) is 7.47. The number of nitrogens with zero attached hydrogens (tertiary/aromatic N) is 2. The van der Waals surface area contributed by atoms with Gasteiger partial charge in [-0.2, -0.15) is 18.2 Å². The molecule has 3 heterocycles. The SMILES string of the molecule is O=C1CC(C(=O)Nc2ccccc2C(F)(F)F)c2c(nc(N3CCCC3)[nH]c2=O)N1. The Balaban J connectivity index is 1.67. The van der Waals surface area contributed by atoms with Gasteiger partial charge in [-0.1, -0.05) is 12.1 Å². The summed E-state index contributed by atoms with van der Waals surface area (Å²) in [4.78, 5) is 46.4. The largest absolute Gasteiger partial charge is 0.418 e. The van der Waals surface area contributed by atoms with Crippen LogP contribution in [-0.2, 0) is 15.8 Å². The molecule has 30 heavy (non-hydrogen) atoms. The number of hydrogen-bond donors (Lipinski definition) is 3. The van der Waals surface area contributed by atoms with Gasteiger partial charge < -0.3 is 15.5 Å². The average molecular weight is 421 g/mol. The average Bonchev–Trinajstić information content (AvgIpc) is 3.21. The number of rotatable bonds is 3. The number of carbonyl (C=O) groups is 2. The van der Waals surface area contributed by atoms with Gasteiger partial charge in [0.1, 0.15) is 5.82 Å². The minimum Gasteiger partial charge on any atom is -0.342 e. The standard InChI is InChI=1S/C19H18F3N5O3/c20-19(21,22)11-5-1-2-6-12(11)23-16(29)10-9-13(28)24-15-14(10)17(30)26-18(25-15)27-7-3-4-8-27/h1-2,5-6,10H,3-4,7-9H2,(H,23,29)(H2,24,25,26,28,30). The van der Waals surface area contributed by atoms with Crippen LogP contribution in [-0.4, -0.2) is 34.9 Å². The van der Waals surface area contributed by atoms with Gasteiger partial charge in [0.15, 0.2) is 0 Å². The zero-order valence-electron chi connectivity index (χ0n) is 15.7. The molecule has 11 heteroatoms. The molecule has 1 fully saturated rings. The summed E-state index contributed by atoms with van der Waals surface area (Å²) in [5, 5.41) is 4.71. The number of hydrogen-bond acceptors (Lipinski definition) is 5. The molecule has 0 bridgehead atoms. The highest BCUT2D eigenvalue weighted by molar-refractivity contribution is 6.04. The monoisotopic (exact) mass is 421 g/mol. The Labute approximate surface area is 168 Å². The summed E-state index contributed by atoms with van der Waals surface area (Å²) in [5.74, 6) is -2.44. The molecule has 1 saturated heterocycles. The van der Waals surface area contributed by atoms with Crippen molar-refractivity contribution in [2.45, 2.75) is 31.4 Å². The minimum absolute atomic E-state index is 0.0406. The third-order valence-corrected chi connectivity index (χ3v) is 5.15. The molecule has 2 amide bonds. The van der Waals surface area contributed by atoms with E-state index in [-0.39, 0.29) is 17.8 Å². The molecule has 4 rings (SSSR count). The lowest BCUT2D eigenvalue weighted by Crippen LogP contribution is -2.37. The maximum absolute atomic E-state index is 13.2. The van der Waals surface area contributed by atoms with Gasteiger partial charge in [-0.15, -0.1) is 0 Å². The minimum atomic E-state index is -4.67. The van der Waals surface area contributed by atoms with Crippen LogP contribution in [0.3, 0.4) is 0 Å². The van der Waals surface area contributed by atoms with Crippen molar-refractivity contribution in [3.63, 3.8) is 0 Å². The molecule has 2 aliphatic heterocycles. The van der Waals surface area contributed by atoms with Crippen LogP contribution in [0, 0.1) is 0 Å². The van der Waals surface area contributed by atoms with Gasteiger partial charge in [0.25, 0.3) is 5.56 Å². The molecule has 2 aliphatic rings. The third-order valence-electron chi connectivity index (χ3n) is 5.15. The Morgan fingerprint density at radius 1 is 1.17 bits per heavy atom. The van der Waals surface area contributed by atoms with Crippen LogP contribution in [0.4, 0.5) is 30.6 Å². The highest BCUT2D eigenvalue weighted by Crippen LogP contribution is 2.36. The van der Waals surface area contributed by atoms with Crippen LogP contribution < -0.4 is 21.1 Å². The highest BCUT2D eigenvalue weighted by atomic mass is 19.4. The maximum Gasteiger partial charge on any atom is 0.418 e. The number of nitrogens with one attached hydrogen (secondary N) is 3. The molecule has 3 N–H and O–H groups in total. The quantitative estimate of drug-likeness (QED) is 0.706. The number of alkyl halides is 3. The van der Waals surface area contributed by atoms with E-state index in [1.807, 2.05) is 4.90 Å². The molecule has 1 aromatic heterocycles. The third kappa shape index (κ3) is 3.74. The molecule has 0 saturated carbocycles. The Morgan fingerprint density at radius 2 is 1.87 bits per heavy atom. The summed E-state index contributed by atoms with van der Waals surface area (Å²) in [6.45, 7) is 1.40. The van der Waals surface area contributed by atoms with Crippen LogP contribution in [0.2, 0.25) is 0 Å². The number of H-pyrrole nitrogens is 1. The Bertz CT molecular complexity index is 1060. The van der Waals surface area contributed by atoms with E-state index in [0.29, 0.717) is 19.0 Å². The first-order valence-corrected chi connectivity index (χ1v) is 9.40. The molecule has 2 aromatic rings. The van der Waals surface area contributed by atoms with Gasteiger partial charge in [-0.3, -0.25) is 19.4 Å². The van der Waals surface area contributed by atoms with Crippen LogP contribution in [0.25, 0.3) is 0 Å². The number of carbonyl (C=O) groups excluding carboxylic acids is 2. The van der Waals surface area contributed by atoms with E-state index in [4.69, 9.17) is 0 Å². The van der Waals surface area contributed by atoms with E-state index in [1.54, 1.807) is 0 Å². The van der Waals surface area contributed by atoms with E-state index >= 15 is 0 Å². The Kier molecular flexibility index (Phi) is 4.96. The van der Waals surface area contributed by atoms with Gasteiger partial charge in [-0.25, -0.2) is 0 Å². The van der Waals surface area contributed by atoms with Gasteiger partial charge in [0, 0.05) is 19.5 Å². The van der Waals surface area contributed by atoms with Gasteiger partial charge >= 0.3 is 6.18 Å². The van der Waals surface area contributed by atoms with Crippen molar-refractivity contribution in [3.05, 3.63) is 45.7 Å². The molecule has 0 spiro atoms. The van der Waals surface area contributed by atoms with Crippen LogP contribution in [0.15, 0.2) is 29.1 Å². The zero-order chi connectivity index (χ0) is 21.5. The van der Waals surface area contributed by atoms with Crippen LogP contribution in [0.1, 0.15) is 36.3 Å². The Morgan fingerprint density at radius 3 is 2.57 bits per heavy atom. The van der Waals surface area contributed by atoms with E-state index in [1.165, 1.54) is 12.1 Å². The lowest BCUT2D eigenvalue weighted by molar-refractivity contribution is -0.137. The van der Waals surface area contributed by atoms with Gasteiger partial charge in [-0.05, 0) is 25.0 Å². The smallest absolute Gasteiger partial charge is 0.342 e. The second-order valence-corrected chi connectivity index (χ2v) is 7.18. The maximum atomic E-state index is 13.2. The number of benzene rings is 1. The van der Waals surface area contributed by atoms with Crippen LogP contribution in [0.5, 0.6) is 0 Å². The molecule has 0 aliphatic carbocycles. The summed E-state index contributed by atoms with van der Waals surface area (Å²) >= 11 is 0. The second-order valence-electron chi connectivity index (χ2n) is 7.18. The number of amides is 2. The summed E-state index contributed by atoms with van der Waals surface area (Å²) in [7, 11) is 0. The zero-order valence-corrected chi connectivity index (χ0v) is 15.7. The Hall–Kier alpha value is -3.37. The van der Waals surface area contributed by atoms with Crippen molar-refractivity contribution in [2.75, 3.05) is 28.6 Å². The highest BCUT2D eigenvalue weighted by Gasteiger charge is 2.37. The first kappa shape index (κ1) is 19.9. The molecule has 0 radical (unpaired) electrons. The van der Waals surface area contributed by atoms with Gasteiger partial charge in [0.2, 0.25) is 17.8 Å². The number of para-hydroxylation sites is 1. The van der Waals surface area contributed by atoms with Crippen molar-refractivity contribution >= 4 is 29.3 Å². The number of aromatic nitrogens is 2. The molecule has 8 nitrogen and oxygen atoms in total. The summed E-state index contributed by atoms with van der Waals surface area (Å²) < 4.78 is 39.6. The topological polar surface area (TPSA) is 107 Å².